The quantitative estimate of drug-likeness (QED) is 0.0279. The van der Waals surface area contributed by atoms with Crippen molar-refractivity contribution in [2.75, 3.05) is 5.75 Å². The molecule has 8 heteroatoms. The Bertz CT molecular complexity index is 953. The van der Waals surface area contributed by atoms with Crippen molar-refractivity contribution in [3.8, 4) is 0 Å². The van der Waals surface area contributed by atoms with Gasteiger partial charge in [0.1, 0.15) is 6.10 Å². The lowest BCUT2D eigenvalue weighted by molar-refractivity contribution is -0.130. The van der Waals surface area contributed by atoms with E-state index < -0.39 is 40.0 Å². The van der Waals surface area contributed by atoms with Crippen LogP contribution in [0.4, 0.5) is 0 Å². The van der Waals surface area contributed by atoms with Crippen LogP contribution in [0.5, 0.6) is 0 Å². The maximum atomic E-state index is 12.6. The molecule has 0 aliphatic heterocycles. The van der Waals surface area contributed by atoms with E-state index in [9.17, 15) is 28.0 Å². The second-order valence-electron chi connectivity index (χ2n) is 15.8. The van der Waals surface area contributed by atoms with Crippen molar-refractivity contribution < 1.29 is 28.0 Å². The van der Waals surface area contributed by atoms with Crippen molar-refractivity contribution in [2.45, 2.75) is 250 Å². The smallest absolute Gasteiger partial charge is 0.267 e. The summed E-state index contributed by atoms with van der Waals surface area (Å²) in [5.74, 6) is -1.54. The minimum absolute atomic E-state index is 0.275. The van der Waals surface area contributed by atoms with E-state index in [-0.39, 0.29) is 6.42 Å². The number of unbranched alkanes of at least 4 members (excludes halogenated alkanes) is 30. The molecule has 0 fully saturated rings. The Morgan fingerprint density at radius 3 is 1.19 bits per heavy atom. The number of allylic oxidation sites excluding steroid dienone is 3. The van der Waals surface area contributed by atoms with Crippen LogP contribution in [-0.4, -0.2) is 53.1 Å². The van der Waals surface area contributed by atoms with Gasteiger partial charge < -0.3 is 15.5 Å². The van der Waals surface area contributed by atoms with Gasteiger partial charge in [0.15, 0.2) is 0 Å². The third-order valence-electron chi connectivity index (χ3n) is 10.5. The van der Waals surface area contributed by atoms with Crippen molar-refractivity contribution >= 4 is 16.0 Å². The zero-order valence-electron chi connectivity index (χ0n) is 34.8. The minimum Gasteiger partial charge on any atom is -0.387 e. The molecule has 0 aromatic carbocycles. The van der Waals surface area contributed by atoms with Gasteiger partial charge >= 0.3 is 0 Å². The summed E-state index contributed by atoms with van der Waals surface area (Å²) in [6, 6.07) is -1.23. The first kappa shape index (κ1) is 51.8. The molecule has 0 aromatic heterocycles. The van der Waals surface area contributed by atoms with Gasteiger partial charge in [-0.1, -0.05) is 212 Å². The molecular formula is C45H87NO6S. The topological polar surface area (TPSA) is 124 Å². The van der Waals surface area contributed by atoms with E-state index in [1.807, 2.05) is 0 Å². The van der Waals surface area contributed by atoms with Gasteiger partial charge in [0, 0.05) is 0 Å². The standard InChI is InChI=1S/C45H87NO6S/c1-3-5-7-9-11-13-15-17-19-20-21-22-23-24-25-26-28-30-32-34-36-38-40-44(48)45(49)46-42(41-53(50,51)52)43(47)39-37-35-33-31-29-27-18-16-14-12-10-8-6-4-2/h24-25,37,39,42-44,47-48H,3-23,26-36,38,40-41H2,1-2H3,(H,46,49)(H,50,51,52)/b25-24-,39-37+. The van der Waals surface area contributed by atoms with Crippen LogP contribution in [-0.2, 0) is 14.9 Å². The maximum Gasteiger partial charge on any atom is 0.267 e. The van der Waals surface area contributed by atoms with E-state index in [0.717, 1.165) is 44.9 Å². The number of hydrogen-bond donors (Lipinski definition) is 4. The second kappa shape index (κ2) is 39.0. The Morgan fingerprint density at radius 1 is 0.509 bits per heavy atom. The van der Waals surface area contributed by atoms with Crippen LogP contribution in [0.25, 0.3) is 0 Å². The monoisotopic (exact) mass is 770 g/mol. The molecule has 0 aliphatic rings. The van der Waals surface area contributed by atoms with Crippen molar-refractivity contribution in [1.82, 2.24) is 5.32 Å². The van der Waals surface area contributed by atoms with E-state index >= 15 is 0 Å². The highest BCUT2D eigenvalue weighted by molar-refractivity contribution is 7.85. The molecule has 3 unspecified atom stereocenters. The summed E-state index contributed by atoms with van der Waals surface area (Å²) < 4.78 is 32.6. The molecule has 0 heterocycles. The molecule has 0 aromatic rings. The molecule has 0 aliphatic carbocycles. The number of rotatable bonds is 41. The number of amides is 1. The van der Waals surface area contributed by atoms with Crippen LogP contribution >= 0.6 is 0 Å². The number of hydrogen-bond acceptors (Lipinski definition) is 5. The van der Waals surface area contributed by atoms with Crippen LogP contribution in [0.15, 0.2) is 24.3 Å². The zero-order chi connectivity index (χ0) is 39.1. The number of carbonyl (C=O) groups is 1. The summed E-state index contributed by atoms with van der Waals surface area (Å²) in [7, 11) is -4.44. The third kappa shape index (κ3) is 38.8. The van der Waals surface area contributed by atoms with Gasteiger partial charge in [0.2, 0.25) is 5.91 Å². The van der Waals surface area contributed by atoms with Crippen LogP contribution in [0, 0.1) is 0 Å². The normalized spacial score (nSPS) is 14.0. The first-order valence-corrected chi connectivity index (χ1v) is 24.3. The van der Waals surface area contributed by atoms with Crippen LogP contribution in [0.2, 0.25) is 0 Å². The second-order valence-corrected chi connectivity index (χ2v) is 17.3. The lowest BCUT2D eigenvalue weighted by Crippen LogP contribution is -2.50. The fourth-order valence-electron chi connectivity index (χ4n) is 6.98. The van der Waals surface area contributed by atoms with Crippen LogP contribution in [0.3, 0.4) is 0 Å². The molecule has 0 rings (SSSR count). The first-order valence-electron chi connectivity index (χ1n) is 22.6. The summed E-state index contributed by atoms with van der Waals surface area (Å²) in [6.45, 7) is 4.52. The third-order valence-corrected chi connectivity index (χ3v) is 11.3. The molecule has 314 valence electrons. The molecule has 3 atom stereocenters. The van der Waals surface area contributed by atoms with Gasteiger partial charge in [-0.25, -0.2) is 0 Å². The minimum atomic E-state index is -4.44. The van der Waals surface area contributed by atoms with E-state index in [1.165, 1.54) is 167 Å². The zero-order valence-corrected chi connectivity index (χ0v) is 35.6. The van der Waals surface area contributed by atoms with E-state index in [4.69, 9.17) is 0 Å². The van der Waals surface area contributed by atoms with Crippen molar-refractivity contribution in [3.63, 3.8) is 0 Å². The molecule has 1 amide bonds. The van der Waals surface area contributed by atoms with Crippen LogP contribution in [0.1, 0.15) is 232 Å². The molecule has 7 nitrogen and oxygen atoms in total. The number of nitrogens with one attached hydrogen (secondary N) is 1. The average Bonchev–Trinajstić information content (AvgIpc) is 3.12. The predicted octanol–water partition coefficient (Wildman–Crippen LogP) is 12.5. The molecule has 4 N–H and O–H groups in total. The highest BCUT2D eigenvalue weighted by Gasteiger charge is 2.27. The predicted molar refractivity (Wildman–Crippen MR) is 227 cm³/mol. The first-order chi connectivity index (χ1) is 25.7. The SMILES string of the molecule is CCCCCCCCCCCCCC/C=C\CCCCCCCCC(O)C(=O)NC(CS(=O)(=O)O)C(O)/C=C/CCCCCCCCCCCCCC. The summed E-state index contributed by atoms with van der Waals surface area (Å²) in [4.78, 5) is 12.6. The number of aliphatic hydroxyl groups is 2. The Morgan fingerprint density at radius 2 is 0.830 bits per heavy atom. The Kier molecular flexibility index (Phi) is 38.1. The molecular weight excluding hydrogens is 683 g/mol. The summed E-state index contributed by atoms with van der Waals surface area (Å²) >= 11 is 0. The van der Waals surface area contributed by atoms with Gasteiger partial charge in [0.25, 0.3) is 10.1 Å². The Labute approximate surface area is 328 Å². The van der Waals surface area contributed by atoms with Gasteiger partial charge in [-0.2, -0.15) is 8.42 Å². The van der Waals surface area contributed by atoms with Gasteiger partial charge in [-0.3, -0.25) is 9.35 Å². The number of carbonyl (C=O) groups excluding carboxylic acids is 1. The molecule has 0 saturated heterocycles. The summed E-state index contributed by atoms with van der Waals surface area (Å²) in [5, 5.41) is 23.4. The highest BCUT2D eigenvalue weighted by Crippen LogP contribution is 2.15. The Hall–Kier alpha value is -1.22. The molecule has 0 spiro atoms. The summed E-state index contributed by atoms with van der Waals surface area (Å²) in [5.41, 5.74) is 0. The van der Waals surface area contributed by atoms with Crippen LogP contribution < -0.4 is 5.32 Å². The van der Waals surface area contributed by atoms with Crippen molar-refractivity contribution in [3.05, 3.63) is 24.3 Å². The molecule has 0 radical (unpaired) electrons. The fraction of sp³-hybridized carbons (Fsp3) is 0.889. The lowest BCUT2D eigenvalue weighted by Gasteiger charge is -2.22. The Balaban J connectivity index is 3.94. The largest absolute Gasteiger partial charge is 0.387 e. The van der Waals surface area contributed by atoms with Crippen molar-refractivity contribution in [1.29, 1.82) is 0 Å². The van der Waals surface area contributed by atoms with E-state index in [2.05, 4.69) is 31.3 Å². The molecule has 53 heavy (non-hydrogen) atoms. The molecule has 0 saturated carbocycles. The fourth-order valence-corrected chi connectivity index (χ4v) is 7.72. The van der Waals surface area contributed by atoms with Gasteiger partial charge in [-0.15, -0.1) is 0 Å². The maximum absolute atomic E-state index is 12.6. The van der Waals surface area contributed by atoms with E-state index in [0.29, 0.717) is 6.42 Å². The average molecular weight is 770 g/mol. The summed E-state index contributed by atoms with van der Waals surface area (Å²) in [6.07, 6.45) is 46.7. The van der Waals surface area contributed by atoms with Gasteiger partial charge in [0.05, 0.1) is 17.9 Å². The van der Waals surface area contributed by atoms with Crippen molar-refractivity contribution in [2.24, 2.45) is 0 Å². The number of aliphatic hydroxyl groups excluding tert-OH is 2. The van der Waals surface area contributed by atoms with Gasteiger partial charge in [-0.05, 0) is 44.9 Å². The lowest BCUT2D eigenvalue weighted by atomic mass is 10.0. The molecule has 0 bridgehead atoms. The highest BCUT2D eigenvalue weighted by atomic mass is 32.2. The van der Waals surface area contributed by atoms with E-state index in [1.54, 1.807) is 6.08 Å².